The number of anilines is 1. The Morgan fingerprint density at radius 2 is 2.11 bits per heavy atom. The van der Waals surface area contributed by atoms with Crippen LogP contribution >= 0.6 is 0 Å². The van der Waals surface area contributed by atoms with Gasteiger partial charge in [-0.1, -0.05) is 0 Å². The van der Waals surface area contributed by atoms with Crippen LogP contribution < -0.4 is 10.6 Å². The number of hydrogen-bond donors (Lipinski definition) is 0. The molecule has 2 aromatic heterocycles. The van der Waals surface area contributed by atoms with Crippen molar-refractivity contribution in [1.29, 1.82) is 0 Å². The minimum Gasteiger partial charge on any atom is -0.373 e. The molecule has 7 nitrogen and oxygen atoms in total. The summed E-state index contributed by atoms with van der Waals surface area (Å²) in [5.41, 5.74) is -1.00. The van der Waals surface area contributed by atoms with E-state index in [1.54, 1.807) is 0 Å². The number of halogens is 4. The third kappa shape index (κ3) is 2.70. The van der Waals surface area contributed by atoms with E-state index in [9.17, 15) is 22.4 Å². The maximum absolute atomic E-state index is 13.5. The molecule has 6 heterocycles. The van der Waals surface area contributed by atoms with Gasteiger partial charge in [-0.2, -0.15) is 23.4 Å². The van der Waals surface area contributed by atoms with Gasteiger partial charge in [-0.05, 0) is 32.6 Å². The molecule has 0 spiro atoms. The number of aryl methyl sites for hydroxylation is 1. The van der Waals surface area contributed by atoms with Gasteiger partial charge in [0.15, 0.2) is 0 Å². The highest BCUT2D eigenvalue weighted by atomic mass is 19.3. The summed E-state index contributed by atoms with van der Waals surface area (Å²) < 4.78 is 60.7. The van der Waals surface area contributed by atoms with Gasteiger partial charge in [0, 0.05) is 18.5 Å². The lowest BCUT2D eigenvalue weighted by Crippen LogP contribution is -2.45. The van der Waals surface area contributed by atoms with Crippen LogP contribution in [0.15, 0.2) is 10.9 Å². The van der Waals surface area contributed by atoms with E-state index < -0.39 is 24.6 Å². The Balaban J connectivity index is 1.62. The van der Waals surface area contributed by atoms with Crippen LogP contribution in [-0.4, -0.2) is 49.4 Å². The van der Waals surface area contributed by atoms with Crippen LogP contribution in [0, 0.1) is 0 Å². The van der Waals surface area contributed by atoms with Crippen LogP contribution in [0.1, 0.15) is 44.9 Å². The fourth-order valence-electron chi connectivity index (χ4n) is 4.79. The first-order chi connectivity index (χ1) is 13.2. The van der Waals surface area contributed by atoms with Gasteiger partial charge in [0.25, 0.3) is 0 Å². The average Bonchev–Trinajstić information content (AvgIpc) is 3.20. The van der Waals surface area contributed by atoms with Gasteiger partial charge in [0.1, 0.15) is 5.65 Å². The Morgan fingerprint density at radius 3 is 2.79 bits per heavy atom. The maximum Gasteiger partial charge on any atom is 0.357 e. The van der Waals surface area contributed by atoms with Gasteiger partial charge >= 0.3 is 12.2 Å². The normalized spacial score (nSPS) is 29.0. The number of hydrogen-bond acceptors (Lipinski definition) is 5. The minimum atomic E-state index is -3.11. The van der Waals surface area contributed by atoms with E-state index in [1.165, 1.54) is 10.6 Å². The van der Waals surface area contributed by atoms with Crippen LogP contribution in [0.3, 0.4) is 0 Å². The van der Waals surface area contributed by atoms with Gasteiger partial charge in [0.05, 0.1) is 23.9 Å². The first-order valence-electron chi connectivity index (χ1n) is 9.32. The number of ether oxygens (including phenoxy) is 1. The van der Waals surface area contributed by atoms with Crippen LogP contribution in [0.25, 0.3) is 5.65 Å². The number of fused-ring (bicyclic) bond motifs is 1. The van der Waals surface area contributed by atoms with E-state index in [0.717, 1.165) is 26.2 Å². The van der Waals surface area contributed by atoms with Crippen LogP contribution in [-0.2, 0) is 11.2 Å². The van der Waals surface area contributed by atoms with E-state index in [1.807, 2.05) is 4.90 Å². The Morgan fingerprint density at radius 1 is 1.32 bits per heavy atom. The number of alkyl halides is 4. The summed E-state index contributed by atoms with van der Waals surface area (Å²) in [4.78, 5) is 18.2. The van der Waals surface area contributed by atoms with Crippen LogP contribution in [0.5, 0.6) is 0 Å². The molecule has 4 atom stereocenters. The second-order valence-corrected chi connectivity index (χ2v) is 7.95. The predicted molar refractivity (Wildman–Crippen MR) is 90.0 cm³/mol. The summed E-state index contributed by atoms with van der Waals surface area (Å²) in [6, 6.07) is 1.40. The third-order valence-electron chi connectivity index (χ3n) is 5.92. The van der Waals surface area contributed by atoms with Crippen LogP contribution in [0.2, 0.25) is 0 Å². The highest BCUT2D eigenvalue weighted by molar-refractivity contribution is 5.50. The van der Waals surface area contributed by atoms with E-state index in [-0.39, 0.29) is 52.6 Å². The Labute approximate surface area is 156 Å². The topological polar surface area (TPSA) is 64.7 Å². The molecule has 152 valence electrons. The van der Waals surface area contributed by atoms with Crippen LogP contribution in [0.4, 0.5) is 23.5 Å². The summed E-state index contributed by atoms with van der Waals surface area (Å²) >= 11 is 0. The second kappa shape index (κ2) is 5.91. The minimum absolute atomic E-state index is 0.0221. The molecule has 4 unspecified atom stereocenters. The average molecular weight is 401 g/mol. The Bertz CT molecular complexity index is 980. The lowest BCUT2D eigenvalue weighted by Gasteiger charge is -2.35. The first kappa shape index (κ1) is 17.9. The molecular weight excluding hydrogens is 382 g/mol. The molecule has 0 N–H and O–H groups in total. The highest BCUT2D eigenvalue weighted by Gasteiger charge is 2.55. The molecule has 0 saturated carbocycles. The molecule has 4 saturated heterocycles. The number of piperidine rings is 1. The standard InChI is InChI=1S/C17H19F4N5O2/c1-17(20,21)3-2-8-4-13-25(14(18)19)16(27)22-15(26(13)23-8)24-9-5-10-7-11(24)12(6-9)28-10/h4,9-12,14H,2-3,5-7H2,1H3. The molecule has 0 radical (unpaired) electrons. The third-order valence-corrected chi connectivity index (χ3v) is 5.92. The number of rotatable bonds is 5. The van der Waals surface area contributed by atoms with Gasteiger partial charge in [0.2, 0.25) is 11.9 Å². The zero-order valence-electron chi connectivity index (χ0n) is 15.1. The van der Waals surface area contributed by atoms with Crippen molar-refractivity contribution in [2.75, 3.05) is 4.90 Å². The summed E-state index contributed by atoms with van der Waals surface area (Å²) in [5.74, 6) is -2.71. The van der Waals surface area contributed by atoms with Crippen molar-refractivity contribution < 1.29 is 22.3 Å². The van der Waals surface area contributed by atoms with Crippen molar-refractivity contribution in [2.45, 2.75) is 75.8 Å². The highest BCUT2D eigenvalue weighted by Crippen LogP contribution is 2.46. The Hall–Kier alpha value is -2.17. The molecule has 11 heteroatoms. The van der Waals surface area contributed by atoms with Gasteiger partial charge in [-0.25, -0.2) is 18.1 Å². The largest absolute Gasteiger partial charge is 0.373 e. The lowest BCUT2D eigenvalue weighted by atomic mass is 10.0. The maximum atomic E-state index is 13.5. The van der Waals surface area contributed by atoms with Crippen molar-refractivity contribution in [3.8, 4) is 0 Å². The van der Waals surface area contributed by atoms with E-state index in [0.29, 0.717) is 0 Å². The number of nitrogens with zero attached hydrogens (tertiary/aromatic N) is 5. The van der Waals surface area contributed by atoms with Gasteiger partial charge < -0.3 is 9.64 Å². The molecule has 28 heavy (non-hydrogen) atoms. The lowest BCUT2D eigenvalue weighted by molar-refractivity contribution is 0.0121. The molecule has 4 bridgehead atoms. The summed E-state index contributed by atoms with van der Waals surface area (Å²) in [7, 11) is 0. The number of aromatic nitrogens is 4. The molecule has 2 aromatic rings. The predicted octanol–water partition coefficient (Wildman–Crippen LogP) is 2.38. The van der Waals surface area contributed by atoms with Gasteiger partial charge in [-0.3, -0.25) is 0 Å². The fraction of sp³-hybridized carbons (Fsp3) is 0.706. The smallest absolute Gasteiger partial charge is 0.357 e. The monoisotopic (exact) mass is 401 g/mol. The van der Waals surface area contributed by atoms with Crippen molar-refractivity contribution in [3.63, 3.8) is 0 Å². The molecule has 4 fully saturated rings. The fourth-order valence-corrected chi connectivity index (χ4v) is 4.79. The molecule has 6 rings (SSSR count). The first-order valence-corrected chi connectivity index (χ1v) is 9.32. The quantitative estimate of drug-likeness (QED) is 0.720. The summed E-state index contributed by atoms with van der Waals surface area (Å²) in [6.45, 7) is -2.31. The SMILES string of the molecule is CC(F)(F)CCc1cc2n(C(F)F)c(=O)nc(N3C4CC5CC3C(C4)O5)n2n1. The Kier molecular flexibility index (Phi) is 3.78. The van der Waals surface area contributed by atoms with Crippen molar-refractivity contribution in [2.24, 2.45) is 0 Å². The summed E-state index contributed by atoms with van der Waals surface area (Å²) in [5, 5.41) is 4.26. The van der Waals surface area contributed by atoms with Crippen molar-refractivity contribution >= 4 is 11.6 Å². The zero-order chi connectivity index (χ0) is 19.8. The van der Waals surface area contributed by atoms with E-state index in [4.69, 9.17) is 4.74 Å². The molecule has 0 amide bonds. The molecule has 4 aliphatic rings. The van der Waals surface area contributed by atoms with E-state index >= 15 is 0 Å². The molecule has 0 aliphatic carbocycles. The zero-order valence-corrected chi connectivity index (χ0v) is 15.1. The van der Waals surface area contributed by atoms with E-state index in [2.05, 4.69) is 10.1 Å². The summed E-state index contributed by atoms with van der Waals surface area (Å²) in [6.07, 6.45) is 2.02. The van der Waals surface area contributed by atoms with Crippen molar-refractivity contribution in [1.82, 2.24) is 19.2 Å². The van der Waals surface area contributed by atoms with Gasteiger partial charge in [-0.15, -0.1) is 0 Å². The molecule has 4 aliphatic heterocycles. The second-order valence-electron chi connectivity index (χ2n) is 7.95. The molecular formula is C17H19F4N5O2. The molecule has 0 aromatic carbocycles. The van der Waals surface area contributed by atoms with Crippen molar-refractivity contribution in [3.05, 3.63) is 22.2 Å².